The molecule has 1 aliphatic rings. The van der Waals surface area contributed by atoms with E-state index in [9.17, 15) is 13.2 Å². The van der Waals surface area contributed by atoms with Crippen molar-refractivity contribution in [1.82, 2.24) is 4.72 Å². The van der Waals surface area contributed by atoms with Crippen LogP contribution in [0.5, 0.6) is 5.75 Å². The zero-order valence-electron chi connectivity index (χ0n) is 18.8. The van der Waals surface area contributed by atoms with Gasteiger partial charge in [0, 0.05) is 25.2 Å². The first kappa shape index (κ1) is 23.8. The molecule has 2 aromatic carbocycles. The largest absolute Gasteiger partial charge is 0.495 e. The van der Waals surface area contributed by atoms with Crippen LogP contribution in [0.15, 0.2) is 53.4 Å². The normalized spacial score (nSPS) is 14.7. The zero-order valence-corrected chi connectivity index (χ0v) is 19.6. The topological polar surface area (TPSA) is 87.7 Å². The van der Waals surface area contributed by atoms with Gasteiger partial charge < -0.3 is 15.0 Å². The van der Waals surface area contributed by atoms with Crippen LogP contribution in [0, 0.1) is 0 Å². The molecule has 0 atom stereocenters. The van der Waals surface area contributed by atoms with Crippen molar-refractivity contribution in [3.8, 4) is 5.75 Å². The maximum absolute atomic E-state index is 12.6. The number of hydrogen-bond donors (Lipinski definition) is 2. The minimum absolute atomic E-state index is 0.0340. The first-order valence-electron chi connectivity index (χ1n) is 10.8. The number of amides is 1. The number of nitrogens with one attached hydrogen (secondary N) is 2. The van der Waals surface area contributed by atoms with Gasteiger partial charge in [0.2, 0.25) is 15.9 Å². The van der Waals surface area contributed by atoms with Crippen LogP contribution in [0.1, 0.15) is 38.7 Å². The molecule has 1 amide bonds. The van der Waals surface area contributed by atoms with Crippen LogP contribution in [-0.4, -0.2) is 40.6 Å². The van der Waals surface area contributed by atoms with E-state index in [1.807, 2.05) is 24.3 Å². The molecule has 32 heavy (non-hydrogen) atoms. The van der Waals surface area contributed by atoms with E-state index in [2.05, 4.69) is 14.9 Å². The first-order valence-corrected chi connectivity index (χ1v) is 12.3. The number of nitrogens with zero attached hydrogens (tertiary/aromatic N) is 1. The molecular weight excluding hydrogens is 426 g/mol. The molecule has 1 saturated heterocycles. The molecule has 0 aliphatic carbocycles. The molecule has 2 N–H and O–H groups in total. The maximum atomic E-state index is 12.6. The molecule has 1 fully saturated rings. The van der Waals surface area contributed by atoms with Gasteiger partial charge in [0.25, 0.3) is 0 Å². The molecule has 2 aromatic rings. The summed E-state index contributed by atoms with van der Waals surface area (Å²) in [6.07, 6.45) is 6.53. The van der Waals surface area contributed by atoms with E-state index in [1.165, 1.54) is 25.7 Å². The van der Waals surface area contributed by atoms with E-state index in [0.717, 1.165) is 37.3 Å². The monoisotopic (exact) mass is 457 g/mol. The average Bonchev–Trinajstić information content (AvgIpc) is 2.77. The Labute approximate surface area is 190 Å². The summed E-state index contributed by atoms with van der Waals surface area (Å²) in [6.45, 7) is 5.46. The average molecular weight is 458 g/mol. The number of para-hydroxylation sites is 2. The Balaban J connectivity index is 1.77. The summed E-state index contributed by atoms with van der Waals surface area (Å²) in [4.78, 5) is 14.9. The zero-order chi connectivity index (χ0) is 23.1. The van der Waals surface area contributed by atoms with Crippen LogP contribution in [0.3, 0.4) is 0 Å². The van der Waals surface area contributed by atoms with Crippen LogP contribution in [-0.2, 0) is 14.8 Å². The number of sulfonamides is 1. The minimum atomic E-state index is -3.74. The third-order valence-corrected chi connectivity index (χ3v) is 6.83. The number of ether oxygens (including phenoxy) is 1. The van der Waals surface area contributed by atoms with Gasteiger partial charge in [-0.1, -0.05) is 18.2 Å². The van der Waals surface area contributed by atoms with E-state index in [4.69, 9.17) is 4.74 Å². The predicted molar refractivity (Wildman–Crippen MR) is 129 cm³/mol. The molecule has 1 aliphatic heterocycles. The summed E-state index contributed by atoms with van der Waals surface area (Å²) in [5.74, 6) is -0.0369. The summed E-state index contributed by atoms with van der Waals surface area (Å²) in [6, 6.07) is 12.3. The van der Waals surface area contributed by atoms with Crippen molar-refractivity contribution in [3.05, 3.63) is 54.1 Å². The van der Waals surface area contributed by atoms with E-state index in [0.29, 0.717) is 5.56 Å². The standard InChI is InChI=1S/C24H31N3O4S/c1-18(2)26-32(29,30)23-17-19(11-13-22(23)31-3)12-14-24(28)25-20-9-5-6-10-21(20)27-15-7-4-8-16-27/h5-6,9-14,17-18,26H,4,7-8,15-16H2,1-3H3,(H,25,28). The number of carbonyl (C=O) groups is 1. The Morgan fingerprint density at radius 3 is 2.50 bits per heavy atom. The summed E-state index contributed by atoms with van der Waals surface area (Å²) in [5.41, 5.74) is 2.36. The highest BCUT2D eigenvalue weighted by molar-refractivity contribution is 7.89. The Morgan fingerprint density at radius 2 is 1.81 bits per heavy atom. The molecule has 0 unspecified atom stereocenters. The molecule has 3 rings (SSSR count). The number of benzene rings is 2. The van der Waals surface area contributed by atoms with Crippen molar-refractivity contribution in [1.29, 1.82) is 0 Å². The van der Waals surface area contributed by atoms with Crippen LogP contribution in [0.4, 0.5) is 11.4 Å². The lowest BCUT2D eigenvalue weighted by Gasteiger charge is -2.30. The second kappa shape index (κ2) is 10.7. The second-order valence-electron chi connectivity index (χ2n) is 8.07. The van der Waals surface area contributed by atoms with E-state index >= 15 is 0 Å². The van der Waals surface area contributed by atoms with Crippen LogP contribution < -0.4 is 19.7 Å². The lowest BCUT2D eigenvalue weighted by molar-refractivity contribution is -0.111. The van der Waals surface area contributed by atoms with Gasteiger partial charge in [-0.3, -0.25) is 4.79 Å². The Bertz CT molecular complexity index is 1070. The lowest BCUT2D eigenvalue weighted by Crippen LogP contribution is -2.30. The van der Waals surface area contributed by atoms with Crippen molar-refractivity contribution >= 4 is 33.4 Å². The van der Waals surface area contributed by atoms with Crippen LogP contribution >= 0.6 is 0 Å². The molecule has 0 spiro atoms. The number of anilines is 2. The van der Waals surface area contributed by atoms with Gasteiger partial charge in [0.1, 0.15) is 10.6 Å². The molecular formula is C24H31N3O4S. The van der Waals surface area contributed by atoms with Crippen molar-refractivity contribution in [3.63, 3.8) is 0 Å². The summed E-state index contributed by atoms with van der Waals surface area (Å²) in [7, 11) is -2.32. The maximum Gasteiger partial charge on any atom is 0.248 e. The van der Waals surface area contributed by atoms with Gasteiger partial charge in [-0.15, -0.1) is 0 Å². The molecule has 0 saturated carbocycles. The highest BCUT2D eigenvalue weighted by Gasteiger charge is 2.21. The molecule has 8 heteroatoms. The van der Waals surface area contributed by atoms with Crippen LogP contribution in [0.2, 0.25) is 0 Å². The number of piperidine rings is 1. The fraction of sp³-hybridized carbons (Fsp3) is 0.375. The summed E-state index contributed by atoms with van der Waals surface area (Å²) in [5, 5.41) is 2.95. The van der Waals surface area contributed by atoms with Crippen molar-refractivity contribution in [2.24, 2.45) is 0 Å². The molecule has 0 aromatic heterocycles. The van der Waals surface area contributed by atoms with E-state index in [1.54, 1.807) is 32.1 Å². The molecule has 0 radical (unpaired) electrons. The smallest absolute Gasteiger partial charge is 0.248 e. The summed E-state index contributed by atoms with van der Waals surface area (Å²) >= 11 is 0. The second-order valence-corrected chi connectivity index (χ2v) is 9.76. The SMILES string of the molecule is COc1ccc(C=CC(=O)Nc2ccccc2N2CCCCC2)cc1S(=O)(=O)NC(C)C. The van der Waals surface area contributed by atoms with Crippen LogP contribution in [0.25, 0.3) is 6.08 Å². The minimum Gasteiger partial charge on any atom is -0.495 e. The Kier molecular flexibility index (Phi) is 7.93. The first-order chi connectivity index (χ1) is 15.3. The number of methoxy groups -OCH3 is 1. The lowest BCUT2D eigenvalue weighted by atomic mass is 10.1. The quantitative estimate of drug-likeness (QED) is 0.585. The van der Waals surface area contributed by atoms with Crippen molar-refractivity contribution in [2.45, 2.75) is 44.0 Å². The van der Waals surface area contributed by atoms with Gasteiger partial charge in [-0.25, -0.2) is 13.1 Å². The molecule has 0 bridgehead atoms. The predicted octanol–water partition coefficient (Wildman–Crippen LogP) is 4.02. The molecule has 172 valence electrons. The summed E-state index contributed by atoms with van der Waals surface area (Å²) < 4.78 is 33.1. The Morgan fingerprint density at radius 1 is 1.09 bits per heavy atom. The van der Waals surface area contributed by atoms with E-state index in [-0.39, 0.29) is 22.6 Å². The highest BCUT2D eigenvalue weighted by atomic mass is 32.2. The van der Waals surface area contributed by atoms with Gasteiger partial charge >= 0.3 is 0 Å². The number of hydrogen-bond acceptors (Lipinski definition) is 5. The van der Waals surface area contributed by atoms with Gasteiger partial charge in [0.05, 0.1) is 18.5 Å². The number of carbonyl (C=O) groups excluding carboxylic acids is 1. The fourth-order valence-corrected chi connectivity index (χ4v) is 5.17. The van der Waals surface area contributed by atoms with Gasteiger partial charge in [-0.2, -0.15) is 0 Å². The van der Waals surface area contributed by atoms with Crippen molar-refractivity contribution in [2.75, 3.05) is 30.4 Å². The third-order valence-electron chi connectivity index (χ3n) is 5.15. The Hall–Kier alpha value is -2.84. The number of rotatable bonds is 8. The van der Waals surface area contributed by atoms with Gasteiger partial charge in [-0.05, 0) is 69.0 Å². The fourth-order valence-electron chi connectivity index (χ4n) is 3.72. The van der Waals surface area contributed by atoms with Crippen molar-refractivity contribution < 1.29 is 17.9 Å². The third kappa shape index (κ3) is 6.11. The highest BCUT2D eigenvalue weighted by Crippen LogP contribution is 2.29. The van der Waals surface area contributed by atoms with E-state index < -0.39 is 10.0 Å². The molecule has 1 heterocycles. The van der Waals surface area contributed by atoms with Gasteiger partial charge in [0.15, 0.2) is 0 Å². The molecule has 7 nitrogen and oxygen atoms in total.